The number of aromatic nitrogens is 4. The predicted molar refractivity (Wildman–Crippen MR) is 77.2 cm³/mol. The molecule has 0 spiro atoms. The van der Waals surface area contributed by atoms with Crippen molar-refractivity contribution in [3.63, 3.8) is 0 Å². The van der Waals surface area contributed by atoms with Crippen LogP contribution in [0, 0.1) is 0 Å². The number of aromatic amines is 1. The summed E-state index contributed by atoms with van der Waals surface area (Å²) in [6.07, 6.45) is 0. The minimum Gasteiger partial charge on any atom is -0.345 e. The second-order valence-corrected chi connectivity index (χ2v) is 5.17. The van der Waals surface area contributed by atoms with E-state index < -0.39 is 0 Å². The normalized spacial score (nSPS) is 11.7. The van der Waals surface area contributed by atoms with Crippen LogP contribution in [0.25, 0.3) is 0 Å². The van der Waals surface area contributed by atoms with Gasteiger partial charge in [0.05, 0.1) is 12.6 Å². The van der Waals surface area contributed by atoms with Gasteiger partial charge in [0.15, 0.2) is 5.82 Å². The third-order valence-electron chi connectivity index (χ3n) is 2.62. The number of rotatable bonds is 5. The minimum absolute atomic E-state index is 0.131. The molecule has 0 saturated heterocycles. The van der Waals surface area contributed by atoms with Gasteiger partial charge in [-0.15, -0.1) is 10.2 Å². The molecule has 8 nitrogen and oxygen atoms in total. The summed E-state index contributed by atoms with van der Waals surface area (Å²) in [6, 6.07) is 6.52. The molecule has 2 aromatic rings. The number of benzene rings is 1. The highest BCUT2D eigenvalue weighted by Gasteiger charge is 2.14. The number of nitrogens with zero attached hydrogens (tertiary/aromatic N) is 3. The van der Waals surface area contributed by atoms with Gasteiger partial charge >= 0.3 is 0 Å². The molecule has 1 heterocycles. The van der Waals surface area contributed by atoms with Crippen molar-refractivity contribution in [1.29, 1.82) is 0 Å². The molecule has 1 aromatic carbocycles. The highest BCUT2D eigenvalue weighted by molar-refractivity contribution is 9.10. The Balaban J connectivity index is 1.82. The fourth-order valence-corrected chi connectivity index (χ4v) is 2.00. The molecule has 1 aromatic heterocycles. The second kappa shape index (κ2) is 6.93. The molecular formula is C12H13BrN6O2. The average Bonchev–Trinajstić information content (AvgIpc) is 2.99. The van der Waals surface area contributed by atoms with Crippen LogP contribution in [0.3, 0.4) is 0 Å². The van der Waals surface area contributed by atoms with E-state index in [1.165, 1.54) is 0 Å². The Labute approximate surface area is 128 Å². The molecule has 1 unspecified atom stereocenters. The van der Waals surface area contributed by atoms with Crippen LogP contribution in [0.5, 0.6) is 0 Å². The lowest BCUT2D eigenvalue weighted by atomic mass is 10.2. The first-order chi connectivity index (χ1) is 10.1. The van der Waals surface area contributed by atoms with Crippen LogP contribution < -0.4 is 10.6 Å². The number of hydrogen-bond donors (Lipinski definition) is 3. The SMILES string of the molecule is CC(NC(=O)CNC(=O)c1cccc(Br)c1)c1nn[nH]n1. The van der Waals surface area contributed by atoms with Crippen molar-refractivity contribution in [2.75, 3.05) is 6.54 Å². The standard InChI is InChI=1S/C12H13BrN6O2/c1-7(11-16-18-19-17-11)15-10(20)6-14-12(21)8-3-2-4-9(13)5-8/h2-5,7H,6H2,1H3,(H,14,21)(H,15,20)(H,16,17,18,19). The summed E-state index contributed by atoms with van der Waals surface area (Å²) in [5, 5.41) is 18.4. The number of carbonyl (C=O) groups excluding carboxylic acids is 2. The van der Waals surface area contributed by atoms with Crippen LogP contribution in [0.15, 0.2) is 28.7 Å². The maximum atomic E-state index is 11.9. The third kappa shape index (κ3) is 4.35. The fraction of sp³-hybridized carbons (Fsp3) is 0.250. The molecule has 0 radical (unpaired) electrons. The number of carbonyl (C=O) groups is 2. The largest absolute Gasteiger partial charge is 0.345 e. The second-order valence-electron chi connectivity index (χ2n) is 4.25. The lowest BCUT2D eigenvalue weighted by Crippen LogP contribution is -2.38. The van der Waals surface area contributed by atoms with Gasteiger partial charge in [0, 0.05) is 10.0 Å². The smallest absolute Gasteiger partial charge is 0.251 e. The van der Waals surface area contributed by atoms with Crippen LogP contribution >= 0.6 is 15.9 Å². The lowest BCUT2D eigenvalue weighted by molar-refractivity contribution is -0.120. The van der Waals surface area contributed by atoms with Crippen molar-refractivity contribution in [3.8, 4) is 0 Å². The Hall–Kier alpha value is -2.29. The molecule has 0 saturated carbocycles. The summed E-state index contributed by atoms with van der Waals surface area (Å²) in [5.74, 6) is -0.282. The van der Waals surface area contributed by atoms with Gasteiger partial charge in [0.2, 0.25) is 5.91 Å². The number of halogens is 1. The molecule has 9 heteroatoms. The highest BCUT2D eigenvalue weighted by Crippen LogP contribution is 2.11. The molecule has 21 heavy (non-hydrogen) atoms. The summed E-state index contributed by atoms with van der Waals surface area (Å²) >= 11 is 3.28. The fourth-order valence-electron chi connectivity index (χ4n) is 1.60. The lowest BCUT2D eigenvalue weighted by Gasteiger charge is -2.10. The molecule has 3 N–H and O–H groups in total. The van der Waals surface area contributed by atoms with Gasteiger partial charge in [0.25, 0.3) is 5.91 Å². The molecule has 2 rings (SSSR count). The first kappa shape index (κ1) is 15.1. The van der Waals surface area contributed by atoms with Gasteiger partial charge in [-0.3, -0.25) is 9.59 Å². The first-order valence-corrected chi connectivity index (χ1v) is 6.92. The zero-order chi connectivity index (χ0) is 15.2. The van der Waals surface area contributed by atoms with E-state index in [4.69, 9.17) is 0 Å². The number of tetrazole rings is 1. The molecule has 0 fully saturated rings. The number of amides is 2. The van der Waals surface area contributed by atoms with Crippen molar-refractivity contribution < 1.29 is 9.59 Å². The van der Waals surface area contributed by atoms with E-state index in [-0.39, 0.29) is 24.4 Å². The van der Waals surface area contributed by atoms with Crippen LogP contribution in [0.4, 0.5) is 0 Å². The van der Waals surface area contributed by atoms with Gasteiger partial charge in [0.1, 0.15) is 0 Å². The van der Waals surface area contributed by atoms with E-state index in [2.05, 4.69) is 47.2 Å². The van der Waals surface area contributed by atoms with E-state index in [9.17, 15) is 9.59 Å². The number of H-pyrrole nitrogens is 1. The summed E-state index contributed by atoms with van der Waals surface area (Å²) in [4.78, 5) is 23.6. The third-order valence-corrected chi connectivity index (χ3v) is 3.12. The predicted octanol–water partition coefficient (Wildman–Crippen LogP) is 0.569. The molecule has 0 bridgehead atoms. The molecular weight excluding hydrogens is 340 g/mol. The topological polar surface area (TPSA) is 113 Å². The molecule has 0 aliphatic heterocycles. The maximum Gasteiger partial charge on any atom is 0.251 e. The maximum absolute atomic E-state index is 11.9. The van der Waals surface area contributed by atoms with Crippen LogP contribution in [-0.4, -0.2) is 39.0 Å². The van der Waals surface area contributed by atoms with E-state index >= 15 is 0 Å². The summed E-state index contributed by atoms with van der Waals surface area (Å²) in [6.45, 7) is 1.59. The van der Waals surface area contributed by atoms with E-state index in [0.29, 0.717) is 11.4 Å². The van der Waals surface area contributed by atoms with Crippen LogP contribution in [0.1, 0.15) is 29.1 Å². The Morgan fingerprint density at radius 2 is 2.24 bits per heavy atom. The van der Waals surface area contributed by atoms with E-state index in [0.717, 1.165) is 4.47 Å². The van der Waals surface area contributed by atoms with Crippen molar-refractivity contribution >= 4 is 27.7 Å². The van der Waals surface area contributed by atoms with Gasteiger partial charge in [-0.05, 0) is 25.1 Å². The Kier molecular flexibility index (Phi) is 4.99. The van der Waals surface area contributed by atoms with E-state index in [1.807, 2.05) is 6.07 Å². The van der Waals surface area contributed by atoms with Gasteiger partial charge in [-0.2, -0.15) is 5.21 Å². The zero-order valence-electron chi connectivity index (χ0n) is 11.1. The van der Waals surface area contributed by atoms with Gasteiger partial charge in [-0.25, -0.2) is 0 Å². The molecule has 0 aliphatic carbocycles. The van der Waals surface area contributed by atoms with Gasteiger partial charge in [-0.1, -0.05) is 27.2 Å². The van der Waals surface area contributed by atoms with Crippen LogP contribution in [0.2, 0.25) is 0 Å². The summed E-state index contributed by atoms with van der Waals surface area (Å²) < 4.78 is 0.797. The number of nitrogens with one attached hydrogen (secondary N) is 3. The molecule has 1 atom stereocenters. The Bertz CT molecular complexity index is 630. The molecule has 2 amide bonds. The monoisotopic (exact) mass is 352 g/mol. The number of hydrogen-bond acceptors (Lipinski definition) is 5. The van der Waals surface area contributed by atoms with E-state index in [1.54, 1.807) is 25.1 Å². The van der Waals surface area contributed by atoms with Crippen LogP contribution in [-0.2, 0) is 4.79 Å². The van der Waals surface area contributed by atoms with Crippen molar-refractivity contribution in [3.05, 3.63) is 40.1 Å². The van der Waals surface area contributed by atoms with Crippen molar-refractivity contribution in [1.82, 2.24) is 31.3 Å². The molecule has 0 aliphatic rings. The summed E-state index contributed by atoms with van der Waals surface area (Å²) in [5.41, 5.74) is 0.475. The highest BCUT2D eigenvalue weighted by atomic mass is 79.9. The van der Waals surface area contributed by atoms with Crippen molar-refractivity contribution in [2.24, 2.45) is 0 Å². The summed E-state index contributed by atoms with van der Waals surface area (Å²) in [7, 11) is 0. The average molecular weight is 353 g/mol. The molecule has 110 valence electrons. The zero-order valence-corrected chi connectivity index (χ0v) is 12.7. The minimum atomic E-state index is -0.390. The van der Waals surface area contributed by atoms with Crippen molar-refractivity contribution in [2.45, 2.75) is 13.0 Å². The first-order valence-electron chi connectivity index (χ1n) is 6.12. The Morgan fingerprint density at radius 3 is 2.90 bits per heavy atom. The quantitative estimate of drug-likeness (QED) is 0.728. The van der Waals surface area contributed by atoms with Gasteiger partial charge < -0.3 is 10.6 Å². The Morgan fingerprint density at radius 1 is 1.43 bits per heavy atom.